The summed E-state index contributed by atoms with van der Waals surface area (Å²) in [6.07, 6.45) is 1.83. The number of carbonyl (C=O) groups excluding carboxylic acids is 1. The quantitative estimate of drug-likeness (QED) is 0.511. The van der Waals surface area contributed by atoms with Gasteiger partial charge >= 0.3 is 5.69 Å². The Morgan fingerprint density at radius 1 is 1.33 bits per heavy atom. The van der Waals surface area contributed by atoms with Gasteiger partial charge in [-0.15, -0.1) is 0 Å². The molecule has 0 unspecified atom stereocenters. The van der Waals surface area contributed by atoms with Gasteiger partial charge in [0.25, 0.3) is 5.91 Å². The summed E-state index contributed by atoms with van der Waals surface area (Å²) in [6, 6.07) is 9.39. The first kappa shape index (κ1) is 21.5. The van der Waals surface area contributed by atoms with Crippen molar-refractivity contribution < 1.29 is 14.5 Å². The SMILES string of the molecule is Cc1nn(Cc2ccc(C(=O)N(CCC#N)C3CCOCC3)cc2)c(C)c1[N+](=O)[O-]. The van der Waals surface area contributed by atoms with E-state index in [9.17, 15) is 14.9 Å². The van der Waals surface area contributed by atoms with Crippen LogP contribution in [0, 0.1) is 35.3 Å². The summed E-state index contributed by atoms with van der Waals surface area (Å²) in [5.74, 6) is -0.0922. The van der Waals surface area contributed by atoms with Crippen molar-refractivity contribution in [2.45, 2.75) is 45.7 Å². The summed E-state index contributed by atoms with van der Waals surface area (Å²) in [5, 5.41) is 24.4. The average Bonchev–Trinajstić information content (AvgIpc) is 3.02. The first-order chi connectivity index (χ1) is 14.4. The molecule has 1 aliphatic heterocycles. The number of amides is 1. The van der Waals surface area contributed by atoms with Crippen LogP contribution in [0.2, 0.25) is 0 Å². The van der Waals surface area contributed by atoms with Gasteiger partial charge in [-0.3, -0.25) is 19.6 Å². The van der Waals surface area contributed by atoms with Crippen LogP contribution in [0.5, 0.6) is 0 Å². The zero-order chi connectivity index (χ0) is 21.7. The number of aromatic nitrogens is 2. The third-order valence-electron chi connectivity index (χ3n) is 5.42. The van der Waals surface area contributed by atoms with Crippen LogP contribution in [-0.4, -0.2) is 51.3 Å². The first-order valence-electron chi connectivity index (χ1n) is 9.95. The molecule has 0 bridgehead atoms. The van der Waals surface area contributed by atoms with Crippen molar-refractivity contribution in [3.8, 4) is 6.07 Å². The first-order valence-corrected chi connectivity index (χ1v) is 9.95. The summed E-state index contributed by atoms with van der Waals surface area (Å²) in [7, 11) is 0. The van der Waals surface area contributed by atoms with Gasteiger partial charge in [-0.2, -0.15) is 10.4 Å². The van der Waals surface area contributed by atoms with Gasteiger partial charge in [-0.05, 0) is 44.4 Å². The normalized spacial score (nSPS) is 14.3. The minimum absolute atomic E-state index is 0.0337. The molecule has 1 aromatic carbocycles. The molecule has 3 rings (SSSR count). The van der Waals surface area contributed by atoms with E-state index in [1.165, 1.54) is 0 Å². The van der Waals surface area contributed by atoms with Crippen molar-refractivity contribution in [1.29, 1.82) is 5.26 Å². The number of ether oxygens (including phenoxy) is 1. The molecule has 2 heterocycles. The standard InChI is InChI=1S/C21H25N5O4/c1-15-20(26(28)29)16(2)25(23-15)14-17-4-6-18(7-5-17)21(27)24(11-3-10-22)19-8-12-30-13-9-19/h4-7,19H,3,8-9,11-14H2,1-2H3. The Balaban J connectivity index is 1.75. The Kier molecular flexibility index (Phi) is 6.79. The summed E-state index contributed by atoms with van der Waals surface area (Å²) in [6.45, 7) is 5.32. The van der Waals surface area contributed by atoms with Gasteiger partial charge in [0.1, 0.15) is 11.4 Å². The lowest BCUT2D eigenvalue weighted by Crippen LogP contribution is -2.44. The minimum atomic E-state index is -0.415. The van der Waals surface area contributed by atoms with Gasteiger partial charge < -0.3 is 9.64 Å². The topological polar surface area (TPSA) is 114 Å². The summed E-state index contributed by atoms with van der Waals surface area (Å²) in [5.41, 5.74) is 2.37. The number of aryl methyl sites for hydroxylation is 1. The molecule has 1 aliphatic rings. The number of nitriles is 1. The Morgan fingerprint density at radius 3 is 2.57 bits per heavy atom. The molecule has 0 radical (unpaired) electrons. The summed E-state index contributed by atoms with van der Waals surface area (Å²) in [4.78, 5) is 25.6. The Morgan fingerprint density at radius 2 is 2.00 bits per heavy atom. The molecule has 0 spiro atoms. The lowest BCUT2D eigenvalue weighted by atomic mass is 10.0. The van der Waals surface area contributed by atoms with E-state index in [0.29, 0.717) is 43.3 Å². The van der Waals surface area contributed by atoms with E-state index in [-0.39, 0.29) is 24.1 Å². The molecule has 1 fully saturated rings. The zero-order valence-electron chi connectivity index (χ0n) is 17.2. The molecule has 9 heteroatoms. The van der Waals surface area contributed by atoms with Gasteiger partial charge in [0.2, 0.25) is 0 Å². The number of hydrogen-bond donors (Lipinski definition) is 0. The molecular formula is C21H25N5O4. The molecule has 158 valence electrons. The van der Waals surface area contributed by atoms with Crippen LogP contribution in [0.15, 0.2) is 24.3 Å². The van der Waals surface area contributed by atoms with E-state index in [1.807, 2.05) is 12.1 Å². The van der Waals surface area contributed by atoms with E-state index in [1.54, 1.807) is 35.6 Å². The van der Waals surface area contributed by atoms with Crippen molar-refractivity contribution in [3.63, 3.8) is 0 Å². The van der Waals surface area contributed by atoms with Crippen LogP contribution < -0.4 is 0 Å². The Bertz CT molecular complexity index is 955. The molecule has 2 aromatic rings. The molecule has 1 aromatic heterocycles. The van der Waals surface area contributed by atoms with Crippen LogP contribution in [0.25, 0.3) is 0 Å². The highest BCUT2D eigenvalue weighted by Crippen LogP contribution is 2.23. The van der Waals surface area contributed by atoms with Crippen LogP contribution >= 0.6 is 0 Å². The highest BCUT2D eigenvalue weighted by molar-refractivity contribution is 5.94. The van der Waals surface area contributed by atoms with E-state index in [4.69, 9.17) is 10.00 Å². The van der Waals surface area contributed by atoms with Crippen LogP contribution in [0.3, 0.4) is 0 Å². The van der Waals surface area contributed by atoms with Gasteiger partial charge in [-0.25, -0.2) is 0 Å². The highest BCUT2D eigenvalue weighted by atomic mass is 16.6. The van der Waals surface area contributed by atoms with Gasteiger partial charge in [0.05, 0.1) is 24.0 Å². The summed E-state index contributed by atoms with van der Waals surface area (Å²) >= 11 is 0. The number of nitrogens with zero attached hydrogens (tertiary/aromatic N) is 5. The second-order valence-electron chi connectivity index (χ2n) is 7.38. The van der Waals surface area contributed by atoms with Gasteiger partial charge in [0, 0.05) is 31.4 Å². The fraction of sp³-hybridized carbons (Fsp3) is 0.476. The van der Waals surface area contributed by atoms with Gasteiger partial charge in [-0.1, -0.05) is 12.1 Å². The molecule has 30 heavy (non-hydrogen) atoms. The van der Waals surface area contributed by atoms with Crippen LogP contribution in [-0.2, 0) is 11.3 Å². The molecule has 0 aliphatic carbocycles. The maximum Gasteiger partial charge on any atom is 0.312 e. The van der Waals surface area contributed by atoms with Crippen molar-refractivity contribution >= 4 is 11.6 Å². The zero-order valence-corrected chi connectivity index (χ0v) is 17.2. The molecule has 9 nitrogen and oxygen atoms in total. The maximum absolute atomic E-state index is 13.1. The molecule has 1 saturated heterocycles. The second-order valence-corrected chi connectivity index (χ2v) is 7.38. The van der Waals surface area contributed by atoms with E-state index >= 15 is 0 Å². The molecule has 0 atom stereocenters. The Labute approximate surface area is 175 Å². The number of nitro groups is 1. The third-order valence-corrected chi connectivity index (χ3v) is 5.42. The van der Waals surface area contributed by atoms with Crippen LogP contribution in [0.4, 0.5) is 5.69 Å². The van der Waals surface area contributed by atoms with Crippen molar-refractivity contribution in [3.05, 3.63) is 56.9 Å². The predicted octanol–water partition coefficient (Wildman–Crippen LogP) is 2.99. The van der Waals surface area contributed by atoms with Crippen LogP contribution in [0.1, 0.15) is 46.6 Å². The number of hydrogen-bond acceptors (Lipinski definition) is 6. The maximum atomic E-state index is 13.1. The fourth-order valence-electron chi connectivity index (χ4n) is 3.81. The van der Waals surface area contributed by atoms with Crippen molar-refractivity contribution in [1.82, 2.24) is 14.7 Å². The predicted molar refractivity (Wildman–Crippen MR) is 109 cm³/mol. The largest absolute Gasteiger partial charge is 0.381 e. The van der Waals surface area contributed by atoms with Crippen molar-refractivity contribution in [2.24, 2.45) is 0 Å². The molecule has 0 saturated carbocycles. The lowest BCUT2D eigenvalue weighted by Gasteiger charge is -2.34. The Hall–Kier alpha value is -3.25. The monoisotopic (exact) mass is 411 g/mol. The number of benzene rings is 1. The van der Waals surface area contributed by atoms with Crippen molar-refractivity contribution in [2.75, 3.05) is 19.8 Å². The average molecular weight is 411 g/mol. The summed E-state index contributed by atoms with van der Waals surface area (Å²) < 4.78 is 7.00. The van der Waals surface area contributed by atoms with E-state index in [0.717, 1.165) is 18.4 Å². The van der Waals surface area contributed by atoms with Gasteiger partial charge in [0.15, 0.2) is 0 Å². The van der Waals surface area contributed by atoms with E-state index in [2.05, 4.69) is 11.2 Å². The fourth-order valence-corrected chi connectivity index (χ4v) is 3.81. The minimum Gasteiger partial charge on any atom is -0.381 e. The lowest BCUT2D eigenvalue weighted by molar-refractivity contribution is -0.386. The smallest absolute Gasteiger partial charge is 0.312 e. The molecule has 0 N–H and O–H groups in total. The molecule has 1 amide bonds. The third kappa shape index (κ3) is 4.66. The highest BCUT2D eigenvalue weighted by Gasteiger charge is 2.26. The number of carbonyl (C=O) groups is 1. The van der Waals surface area contributed by atoms with E-state index < -0.39 is 4.92 Å². The number of rotatable bonds is 7. The molecular weight excluding hydrogens is 386 g/mol. The second kappa shape index (κ2) is 9.50.